The largest absolute Gasteiger partial charge is 0.463 e. The Morgan fingerprint density at radius 1 is 1.44 bits per heavy atom. The Hall–Kier alpha value is -1.29. The number of carbonyl (C=O) groups is 1. The molecule has 0 aliphatic carbocycles. The minimum Gasteiger partial charge on any atom is -0.463 e. The van der Waals surface area contributed by atoms with Crippen molar-refractivity contribution in [2.75, 3.05) is 13.7 Å². The molecule has 0 saturated carbocycles. The van der Waals surface area contributed by atoms with Crippen molar-refractivity contribution in [2.24, 2.45) is 5.92 Å². The van der Waals surface area contributed by atoms with Crippen molar-refractivity contribution in [3.63, 3.8) is 0 Å². The van der Waals surface area contributed by atoms with Gasteiger partial charge in [-0.2, -0.15) is 0 Å². The first-order valence-corrected chi connectivity index (χ1v) is 5.46. The van der Waals surface area contributed by atoms with E-state index in [4.69, 9.17) is 4.42 Å². The van der Waals surface area contributed by atoms with Crippen molar-refractivity contribution < 1.29 is 13.9 Å². The first-order chi connectivity index (χ1) is 7.54. The van der Waals surface area contributed by atoms with Crippen molar-refractivity contribution in [3.8, 4) is 0 Å². The second-order valence-corrected chi connectivity index (χ2v) is 4.22. The summed E-state index contributed by atoms with van der Waals surface area (Å²) in [5.74, 6) is 1.14. The predicted molar refractivity (Wildman–Crippen MR) is 61.3 cm³/mol. The van der Waals surface area contributed by atoms with Gasteiger partial charge in [0.1, 0.15) is 5.76 Å². The van der Waals surface area contributed by atoms with Gasteiger partial charge in [0.05, 0.1) is 13.2 Å². The normalized spacial score (nSPS) is 12.8. The van der Waals surface area contributed by atoms with Gasteiger partial charge in [-0.3, -0.25) is 0 Å². The van der Waals surface area contributed by atoms with Crippen molar-refractivity contribution in [3.05, 3.63) is 23.7 Å². The van der Waals surface area contributed by atoms with E-state index in [0.29, 0.717) is 5.92 Å². The van der Waals surface area contributed by atoms with Gasteiger partial charge in [-0.1, -0.05) is 13.8 Å². The fourth-order valence-electron chi connectivity index (χ4n) is 1.31. The van der Waals surface area contributed by atoms with E-state index < -0.39 is 5.97 Å². The maximum Gasteiger partial charge on any atom is 0.373 e. The zero-order valence-electron chi connectivity index (χ0n) is 10.2. The first kappa shape index (κ1) is 12.8. The molecular formula is C12H19NO3. The molecule has 1 aromatic heterocycles. The standard InChI is InChI=1S/C12H19NO3/c1-8(2)7-13-9(3)10-5-6-11(16-10)12(14)15-4/h5-6,8-9,13H,7H2,1-4H3. The quantitative estimate of drug-likeness (QED) is 0.782. The topological polar surface area (TPSA) is 51.5 Å². The molecule has 0 aliphatic rings. The Bertz CT molecular complexity index is 344. The van der Waals surface area contributed by atoms with E-state index in [0.717, 1.165) is 12.3 Å². The van der Waals surface area contributed by atoms with Crippen LogP contribution in [0, 0.1) is 5.92 Å². The van der Waals surface area contributed by atoms with Gasteiger partial charge in [-0.25, -0.2) is 4.79 Å². The molecule has 0 aromatic carbocycles. The highest BCUT2D eigenvalue weighted by Gasteiger charge is 2.14. The van der Waals surface area contributed by atoms with E-state index in [9.17, 15) is 4.79 Å². The number of nitrogens with one attached hydrogen (secondary N) is 1. The SMILES string of the molecule is COC(=O)c1ccc(C(C)NCC(C)C)o1. The molecule has 0 amide bonds. The Labute approximate surface area is 96.0 Å². The second-order valence-electron chi connectivity index (χ2n) is 4.22. The molecule has 0 radical (unpaired) electrons. The molecule has 1 heterocycles. The number of hydrogen-bond donors (Lipinski definition) is 1. The average molecular weight is 225 g/mol. The van der Waals surface area contributed by atoms with E-state index in [1.165, 1.54) is 7.11 Å². The molecule has 1 unspecified atom stereocenters. The lowest BCUT2D eigenvalue weighted by atomic mass is 10.2. The van der Waals surface area contributed by atoms with Gasteiger partial charge in [0.2, 0.25) is 5.76 Å². The molecule has 0 aliphatic heterocycles. The highest BCUT2D eigenvalue weighted by molar-refractivity contribution is 5.86. The van der Waals surface area contributed by atoms with Crippen LogP contribution in [0.4, 0.5) is 0 Å². The van der Waals surface area contributed by atoms with E-state index in [1.54, 1.807) is 12.1 Å². The fourth-order valence-corrected chi connectivity index (χ4v) is 1.31. The van der Waals surface area contributed by atoms with E-state index >= 15 is 0 Å². The lowest BCUT2D eigenvalue weighted by Crippen LogP contribution is -2.22. The third-order valence-electron chi connectivity index (χ3n) is 2.27. The van der Waals surface area contributed by atoms with Crippen molar-refractivity contribution in [1.82, 2.24) is 5.32 Å². The molecule has 0 bridgehead atoms. The smallest absolute Gasteiger partial charge is 0.373 e. The molecule has 1 atom stereocenters. The zero-order chi connectivity index (χ0) is 12.1. The molecule has 0 fully saturated rings. The molecule has 16 heavy (non-hydrogen) atoms. The van der Waals surface area contributed by atoms with Crippen LogP contribution < -0.4 is 5.32 Å². The maximum atomic E-state index is 11.2. The predicted octanol–water partition coefficient (Wildman–Crippen LogP) is 2.37. The summed E-state index contributed by atoms with van der Waals surface area (Å²) in [4.78, 5) is 11.2. The molecule has 4 nitrogen and oxygen atoms in total. The summed E-state index contributed by atoms with van der Waals surface area (Å²) in [6, 6.07) is 3.53. The van der Waals surface area contributed by atoms with Crippen LogP contribution in [0.1, 0.15) is 43.1 Å². The van der Waals surface area contributed by atoms with Crippen LogP contribution in [0.25, 0.3) is 0 Å². The van der Waals surface area contributed by atoms with Gasteiger partial charge in [0.25, 0.3) is 0 Å². The molecular weight excluding hydrogens is 206 g/mol. The van der Waals surface area contributed by atoms with Crippen LogP contribution >= 0.6 is 0 Å². The highest BCUT2D eigenvalue weighted by atomic mass is 16.5. The van der Waals surface area contributed by atoms with Gasteiger partial charge in [-0.05, 0) is 31.5 Å². The van der Waals surface area contributed by atoms with E-state index in [1.807, 2.05) is 6.92 Å². The van der Waals surface area contributed by atoms with Gasteiger partial charge in [-0.15, -0.1) is 0 Å². The summed E-state index contributed by atoms with van der Waals surface area (Å²) in [6.07, 6.45) is 0. The minimum atomic E-state index is -0.442. The summed E-state index contributed by atoms with van der Waals surface area (Å²) in [6.45, 7) is 7.20. The lowest BCUT2D eigenvalue weighted by molar-refractivity contribution is 0.0562. The summed E-state index contributed by atoms with van der Waals surface area (Å²) >= 11 is 0. The van der Waals surface area contributed by atoms with Crippen LogP contribution in [0.2, 0.25) is 0 Å². The number of methoxy groups -OCH3 is 1. The van der Waals surface area contributed by atoms with E-state index in [2.05, 4.69) is 23.9 Å². The molecule has 90 valence electrons. The molecule has 1 N–H and O–H groups in total. The van der Waals surface area contributed by atoms with Gasteiger partial charge < -0.3 is 14.5 Å². The van der Waals surface area contributed by atoms with Crippen LogP contribution in [0.5, 0.6) is 0 Å². The number of furan rings is 1. The number of ether oxygens (including phenoxy) is 1. The molecule has 1 rings (SSSR count). The fraction of sp³-hybridized carbons (Fsp3) is 0.583. The zero-order valence-corrected chi connectivity index (χ0v) is 10.2. The summed E-state index contributed by atoms with van der Waals surface area (Å²) < 4.78 is 9.97. The number of carbonyl (C=O) groups excluding carboxylic acids is 1. The minimum absolute atomic E-state index is 0.0980. The Balaban J connectivity index is 2.59. The molecule has 4 heteroatoms. The Morgan fingerprint density at radius 2 is 2.12 bits per heavy atom. The van der Waals surface area contributed by atoms with Crippen molar-refractivity contribution in [2.45, 2.75) is 26.8 Å². The monoisotopic (exact) mass is 225 g/mol. The van der Waals surface area contributed by atoms with E-state index in [-0.39, 0.29) is 11.8 Å². The lowest BCUT2D eigenvalue weighted by Gasteiger charge is -2.12. The number of rotatable bonds is 5. The summed E-state index contributed by atoms with van der Waals surface area (Å²) in [7, 11) is 1.34. The first-order valence-electron chi connectivity index (χ1n) is 5.46. The Kier molecular flexibility index (Phi) is 4.55. The maximum absolute atomic E-state index is 11.2. The summed E-state index contributed by atoms with van der Waals surface area (Å²) in [5.41, 5.74) is 0. The highest BCUT2D eigenvalue weighted by Crippen LogP contribution is 2.16. The second kappa shape index (κ2) is 5.70. The van der Waals surface area contributed by atoms with Gasteiger partial charge in [0, 0.05) is 0 Å². The number of hydrogen-bond acceptors (Lipinski definition) is 4. The van der Waals surface area contributed by atoms with Crippen LogP contribution in [-0.4, -0.2) is 19.6 Å². The van der Waals surface area contributed by atoms with Gasteiger partial charge in [0.15, 0.2) is 0 Å². The molecule has 0 saturated heterocycles. The molecule has 1 aromatic rings. The third-order valence-corrected chi connectivity index (χ3v) is 2.27. The molecule has 0 spiro atoms. The van der Waals surface area contributed by atoms with Gasteiger partial charge >= 0.3 is 5.97 Å². The number of esters is 1. The average Bonchev–Trinajstić information content (AvgIpc) is 2.74. The van der Waals surface area contributed by atoms with Crippen LogP contribution in [0.3, 0.4) is 0 Å². The van der Waals surface area contributed by atoms with Crippen molar-refractivity contribution >= 4 is 5.97 Å². The summed E-state index contributed by atoms with van der Waals surface area (Å²) in [5, 5.41) is 3.32. The van der Waals surface area contributed by atoms with Crippen LogP contribution in [-0.2, 0) is 4.74 Å². The van der Waals surface area contributed by atoms with Crippen molar-refractivity contribution in [1.29, 1.82) is 0 Å². The van der Waals surface area contributed by atoms with Crippen LogP contribution in [0.15, 0.2) is 16.5 Å². The Morgan fingerprint density at radius 3 is 2.69 bits per heavy atom. The third kappa shape index (κ3) is 3.38.